The maximum atomic E-state index is 11.7. The summed E-state index contributed by atoms with van der Waals surface area (Å²) in [5.74, 6) is 0.643. The molecule has 110 valence electrons. The minimum absolute atomic E-state index is 0.175. The third-order valence-electron chi connectivity index (χ3n) is 2.57. The van der Waals surface area contributed by atoms with E-state index in [-0.39, 0.29) is 12.3 Å². The molecule has 1 aromatic carbocycles. The Morgan fingerprint density at radius 3 is 2.81 bits per heavy atom. The number of nitrogens with one attached hydrogen (secondary N) is 1. The average molecular weight is 303 g/mol. The van der Waals surface area contributed by atoms with Crippen molar-refractivity contribution in [3.63, 3.8) is 0 Å². The number of thiazole rings is 1. The molecule has 0 spiro atoms. The summed E-state index contributed by atoms with van der Waals surface area (Å²) in [6, 6.07) is 7.49. The van der Waals surface area contributed by atoms with Gasteiger partial charge in [-0.05, 0) is 43.7 Å². The third-order valence-corrected chi connectivity index (χ3v) is 3.54. The number of carbonyl (C=O) groups excluding carboxylic acids is 1. The molecule has 0 bridgehead atoms. The highest BCUT2D eigenvalue weighted by Crippen LogP contribution is 2.11. The first-order valence-electron chi connectivity index (χ1n) is 6.63. The molecule has 1 amide bonds. The Morgan fingerprint density at radius 2 is 2.19 bits per heavy atom. The lowest BCUT2D eigenvalue weighted by atomic mass is 10.2. The lowest BCUT2D eigenvalue weighted by Crippen LogP contribution is -2.19. The summed E-state index contributed by atoms with van der Waals surface area (Å²) in [4.78, 5) is 15.9. The number of hydrogen-bond donors (Lipinski definition) is 1. The SMILES string of the molecule is CCOc1ccc(/C=N\NC(=O)Cc2nc(C)cs2)cc1. The Hall–Kier alpha value is -2.21. The van der Waals surface area contributed by atoms with Crippen LogP contribution in [0.15, 0.2) is 34.7 Å². The van der Waals surface area contributed by atoms with Gasteiger partial charge in [0.25, 0.3) is 0 Å². The molecule has 0 atom stereocenters. The Bertz CT molecular complexity index is 620. The number of aromatic nitrogens is 1. The van der Waals surface area contributed by atoms with Crippen LogP contribution in [0, 0.1) is 6.92 Å². The summed E-state index contributed by atoms with van der Waals surface area (Å²) < 4.78 is 5.35. The number of nitrogens with zero attached hydrogens (tertiary/aromatic N) is 2. The normalized spacial score (nSPS) is 10.8. The monoisotopic (exact) mass is 303 g/mol. The Balaban J connectivity index is 1.82. The minimum Gasteiger partial charge on any atom is -0.494 e. The summed E-state index contributed by atoms with van der Waals surface area (Å²) in [5.41, 5.74) is 4.32. The number of hydrazone groups is 1. The molecule has 2 rings (SSSR count). The summed E-state index contributed by atoms with van der Waals surface area (Å²) in [7, 11) is 0. The van der Waals surface area contributed by atoms with Gasteiger partial charge in [0.05, 0.1) is 19.2 Å². The van der Waals surface area contributed by atoms with Crippen molar-refractivity contribution in [1.82, 2.24) is 10.4 Å². The van der Waals surface area contributed by atoms with Crippen LogP contribution in [0.3, 0.4) is 0 Å². The Kier molecular flexibility index (Phi) is 5.45. The van der Waals surface area contributed by atoms with Crippen LogP contribution in [0.2, 0.25) is 0 Å². The molecule has 2 aromatic rings. The van der Waals surface area contributed by atoms with Crippen LogP contribution in [0.4, 0.5) is 0 Å². The highest BCUT2D eigenvalue weighted by Gasteiger charge is 2.05. The van der Waals surface area contributed by atoms with Gasteiger partial charge in [-0.1, -0.05) is 0 Å². The van der Waals surface area contributed by atoms with Gasteiger partial charge in [-0.3, -0.25) is 4.79 Å². The van der Waals surface area contributed by atoms with Gasteiger partial charge < -0.3 is 4.74 Å². The largest absolute Gasteiger partial charge is 0.494 e. The molecular weight excluding hydrogens is 286 g/mol. The standard InChI is InChI=1S/C15H17N3O2S/c1-3-20-13-6-4-12(5-7-13)9-16-18-14(19)8-15-17-11(2)10-21-15/h4-7,9-10H,3,8H2,1-2H3,(H,18,19)/b16-9-. The van der Waals surface area contributed by atoms with Crippen LogP contribution in [0.25, 0.3) is 0 Å². The van der Waals surface area contributed by atoms with Crippen molar-refractivity contribution in [3.8, 4) is 5.75 Å². The molecule has 21 heavy (non-hydrogen) atoms. The number of amides is 1. The first kappa shape index (κ1) is 15.2. The molecule has 6 heteroatoms. The van der Waals surface area contributed by atoms with Crippen LogP contribution in [-0.4, -0.2) is 23.7 Å². The van der Waals surface area contributed by atoms with Gasteiger partial charge in [0.1, 0.15) is 10.8 Å². The fraction of sp³-hybridized carbons (Fsp3) is 0.267. The number of rotatable bonds is 6. The number of ether oxygens (including phenoxy) is 1. The topological polar surface area (TPSA) is 63.6 Å². The molecule has 1 heterocycles. The number of hydrogen-bond acceptors (Lipinski definition) is 5. The number of benzene rings is 1. The maximum Gasteiger partial charge on any atom is 0.246 e. The molecule has 5 nitrogen and oxygen atoms in total. The molecule has 0 aliphatic heterocycles. The van der Waals surface area contributed by atoms with Crippen LogP contribution >= 0.6 is 11.3 Å². The van der Waals surface area contributed by atoms with Crippen LogP contribution in [0.5, 0.6) is 5.75 Å². The number of carbonyl (C=O) groups is 1. The summed E-state index contributed by atoms with van der Waals surface area (Å²) in [6.45, 7) is 4.48. The molecule has 1 N–H and O–H groups in total. The van der Waals surface area contributed by atoms with E-state index >= 15 is 0 Å². The van der Waals surface area contributed by atoms with E-state index in [2.05, 4.69) is 15.5 Å². The first-order chi connectivity index (χ1) is 10.2. The highest BCUT2D eigenvalue weighted by atomic mass is 32.1. The predicted octanol–water partition coefficient (Wildman–Crippen LogP) is 2.54. The van der Waals surface area contributed by atoms with Crippen LogP contribution in [0.1, 0.15) is 23.2 Å². The van der Waals surface area contributed by atoms with Gasteiger partial charge in [0.15, 0.2) is 0 Å². The Labute approximate surface area is 127 Å². The molecular formula is C15H17N3O2S. The second-order valence-electron chi connectivity index (χ2n) is 4.35. The molecule has 0 aliphatic carbocycles. The van der Waals surface area contributed by atoms with Crippen LogP contribution < -0.4 is 10.2 Å². The van der Waals surface area contributed by atoms with E-state index in [1.165, 1.54) is 11.3 Å². The fourth-order valence-corrected chi connectivity index (χ4v) is 2.43. The highest BCUT2D eigenvalue weighted by molar-refractivity contribution is 7.09. The average Bonchev–Trinajstić information content (AvgIpc) is 2.86. The fourth-order valence-electron chi connectivity index (χ4n) is 1.66. The van der Waals surface area contributed by atoms with E-state index in [1.54, 1.807) is 6.21 Å². The van der Waals surface area contributed by atoms with Crippen molar-refractivity contribution >= 4 is 23.5 Å². The molecule has 0 saturated heterocycles. The van der Waals surface area contributed by atoms with E-state index in [0.29, 0.717) is 6.61 Å². The van der Waals surface area contributed by atoms with E-state index in [9.17, 15) is 4.79 Å². The second-order valence-corrected chi connectivity index (χ2v) is 5.30. The zero-order valence-corrected chi connectivity index (χ0v) is 12.8. The maximum absolute atomic E-state index is 11.7. The summed E-state index contributed by atoms with van der Waals surface area (Å²) in [5, 5.41) is 6.65. The minimum atomic E-state index is -0.175. The Morgan fingerprint density at radius 1 is 1.43 bits per heavy atom. The summed E-state index contributed by atoms with van der Waals surface area (Å²) in [6.07, 6.45) is 1.85. The molecule has 0 saturated carbocycles. The van der Waals surface area contributed by atoms with Gasteiger partial charge in [-0.25, -0.2) is 10.4 Å². The van der Waals surface area contributed by atoms with Crippen molar-refractivity contribution in [1.29, 1.82) is 0 Å². The zero-order chi connectivity index (χ0) is 15.1. The zero-order valence-electron chi connectivity index (χ0n) is 12.0. The van der Waals surface area contributed by atoms with Crippen molar-refractivity contribution in [2.75, 3.05) is 6.61 Å². The van der Waals surface area contributed by atoms with Gasteiger partial charge >= 0.3 is 0 Å². The van der Waals surface area contributed by atoms with Gasteiger partial charge in [0.2, 0.25) is 5.91 Å². The van der Waals surface area contributed by atoms with E-state index in [4.69, 9.17) is 4.74 Å². The van der Waals surface area contributed by atoms with Gasteiger partial charge in [-0.2, -0.15) is 5.10 Å². The lowest BCUT2D eigenvalue weighted by Gasteiger charge is -2.02. The molecule has 0 fully saturated rings. The molecule has 0 aliphatic rings. The van der Waals surface area contributed by atoms with E-state index in [0.717, 1.165) is 22.0 Å². The first-order valence-corrected chi connectivity index (χ1v) is 7.51. The van der Waals surface area contributed by atoms with Crippen LogP contribution in [-0.2, 0) is 11.2 Å². The molecule has 0 radical (unpaired) electrons. The number of aryl methyl sites for hydroxylation is 1. The van der Waals surface area contributed by atoms with E-state index < -0.39 is 0 Å². The van der Waals surface area contributed by atoms with Crippen molar-refractivity contribution in [2.24, 2.45) is 5.10 Å². The van der Waals surface area contributed by atoms with Gasteiger partial charge in [0, 0.05) is 11.1 Å². The van der Waals surface area contributed by atoms with Crippen molar-refractivity contribution in [2.45, 2.75) is 20.3 Å². The smallest absolute Gasteiger partial charge is 0.246 e. The molecule has 0 unspecified atom stereocenters. The van der Waals surface area contributed by atoms with Gasteiger partial charge in [-0.15, -0.1) is 11.3 Å². The predicted molar refractivity (Wildman–Crippen MR) is 83.9 cm³/mol. The quantitative estimate of drug-likeness (QED) is 0.659. The van der Waals surface area contributed by atoms with Crippen molar-refractivity contribution < 1.29 is 9.53 Å². The second kappa shape index (κ2) is 7.54. The third kappa shape index (κ3) is 5.00. The lowest BCUT2D eigenvalue weighted by molar-refractivity contribution is -0.120. The van der Waals surface area contributed by atoms with E-state index in [1.807, 2.05) is 43.5 Å². The van der Waals surface area contributed by atoms with Crippen molar-refractivity contribution in [3.05, 3.63) is 45.9 Å². The molecule has 1 aromatic heterocycles. The summed E-state index contributed by atoms with van der Waals surface area (Å²) >= 11 is 1.48.